The molecule has 0 saturated heterocycles. The van der Waals surface area contributed by atoms with E-state index in [1.807, 2.05) is 0 Å². The van der Waals surface area contributed by atoms with Gasteiger partial charge in [0.2, 0.25) is 10.0 Å². The van der Waals surface area contributed by atoms with Crippen molar-refractivity contribution in [2.75, 3.05) is 20.3 Å². The van der Waals surface area contributed by atoms with Gasteiger partial charge in [0.1, 0.15) is 0 Å². The molecule has 0 saturated carbocycles. The van der Waals surface area contributed by atoms with Crippen LogP contribution >= 0.6 is 0 Å². The number of hydrogen-bond donors (Lipinski definition) is 2. The van der Waals surface area contributed by atoms with E-state index in [1.165, 1.54) is 7.11 Å². The normalized spacial score (nSPS) is 13.4. The number of aryl methyl sites for hydroxylation is 1. The molecule has 0 heterocycles. The first-order valence-corrected chi connectivity index (χ1v) is 7.70. The van der Waals surface area contributed by atoms with Gasteiger partial charge >= 0.3 is 0 Å². The Balaban J connectivity index is 2.68. The zero-order valence-corrected chi connectivity index (χ0v) is 12.1. The predicted molar refractivity (Wildman–Crippen MR) is 73.5 cm³/mol. The summed E-state index contributed by atoms with van der Waals surface area (Å²) in [6.45, 7) is 2.17. The lowest BCUT2D eigenvalue weighted by atomic mass is 10.1. The summed E-state index contributed by atoms with van der Waals surface area (Å²) in [7, 11) is -1.95. The number of nitrogens with one attached hydrogen (secondary N) is 1. The fourth-order valence-electron chi connectivity index (χ4n) is 1.51. The maximum absolute atomic E-state index is 12.0. The average Bonchev–Trinajstić information content (AvgIpc) is 2.43. The smallest absolute Gasteiger partial charge is 0.240 e. The van der Waals surface area contributed by atoms with E-state index < -0.39 is 10.0 Å². The van der Waals surface area contributed by atoms with Crippen molar-refractivity contribution in [1.29, 1.82) is 0 Å². The molecule has 0 amide bonds. The maximum Gasteiger partial charge on any atom is 0.240 e. The van der Waals surface area contributed by atoms with Crippen LogP contribution in [0.2, 0.25) is 0 Å². The lowest BCUT2D eigenvalue weighted by Crippen LogP contribution is -2.31. The quantitative estimate of drug-likeness (QED) is 0.745. The van der Waals surface area contributed by atoms with Gasteiger partial charge in [-0.3, -0.25) is 0 Å². The molecular weight excluding hydrogens is 266 g/mol. The molecule has 1 unspecified atom stereocenters. The fraction of sp³-hybridized carbons (Fsp3) is 0.538. The third kappa shape index (κ3) is 5.28. The third-order valence-corrected chi connectivity index (χ3v) is 4.26. The van der Waals surface area contributed by atoms with E-state index in [0.717, 1.165) is 12.0 Å². The number of ether oxygens (including phenoxy) is 1. The van der Waals surface area contributed by atoms with Gasteiger partial charge in [-0.1, -0.05) is 12.1 Å². The lowest BCUT2D eigenvalue weighted by Gasteiger charge is -2.11. The summed E-state index contributed by atoms with van der Waals surface area (Å²) in [6.07, 6.45) is 1.25. The molecular formula is C13H21NO4S. The molecule has 0 fully saturated rings. The van der Waals surface area contributed by atoms with E-state index in [2.05, 4.69) is 4.72 Å². The second kappa shape index (κ2) is 7.59. The van der Waals surface area contributed by atoms with E-state index in [1.54, 1.807) is 31.2 Å². The summed E-state index contributed by atoms with van der Waals surface area (Å²) in [5, 5.41) is 8.74. The first-order valence-electron chi connectivity index (χ1n) is 6.22. The number of aliphatic hydroxyl groups excluding tert-OH is 1. The van der Waals surface area contributed by atoms with Crippen molar-refractivity contribution in [2.24, 2.45) is 0 Å². The number of hydrogen-bond acceptors (Lipinski definition) is 4. The van der Waals surface area contributed by atoms with Crippen LogP contribution in [0.1, 0.15) is 18.9 Å². The first kappa shape index (κ1) is 16.1. The molecule has 5 nitrogen and oxygen atoms in total. The van der Waals surface area contributed by atoms with Crippen LogP contribution in [0.15, 0.2) is 29.2 Å². The van der Waals surface area contributed by atoms with Crippen LogP contribution in [0, 0.1) is 0 Å². The second-order valence-electron chi connectivity index (χ2n) is 4.37. The SMILES string of the molecule is COC(C)CNS(=O)(=O)c1ccc(CCCO)cc1. The molecule has 6 heteroatoms. The molecule has 0 radical (unpaired) electrons. The fourth-order valence-corrected chi connectivity index (χ4v) is 2.63. The third-order valence-electron chi connectivity index (χ3n) is 2.82. The van der Waals surface area contributed by atoms with Gasteiger partial charge in [0.25, 0.3) is 0 Å². The second-order valence-corrected chi connectivity index (χ2v) is 6.14. The highest BCUT2D eigenvalue weighted by Crippen LogP contribution is 2.11. The molecule has 0 bridgehead atoms. The summed E-state index contributed by atoms with van der Waals surface area (Å²) in [5.74, 6) is 0. The number of sulfonamides is 1. The van der Waals surface area contributed by atoms with Gasteiger partial charge in [-0.2, -0.15) is 0 Å². The highest BCUT2D eigenvalue weighted by Gasteiger charge is 2.14. The Hall–Kier alpha value is -0.950. The van der Waals surface area contributed by atoms with Crippen LogP contribution in [0.5, 0.6) is 0 Å². The van der Waals surface area contributed by atoms with Crippen LogP contribution < -0.4 is 4.72 Å². The van der Waals surface area contributed by atoms with Crippen molar-refractivity contribution in [3.8, 4) is 0 Å². The minimum Gasteiger partial charge on any atom is -0.396 e. The summed E-state index contributed by atoms with van der Waals surface area (Å²) >= 11 is 0. The molecule has 19 heavy (non-hydrogen) atoms. The van der Waals surface area contributed by atoms with Crippen molar-refractivity contribution in [2.45, 2.75) is 30.8 Å². The van der Waals surface area contributed by atoms with E-state index in [4.69, 9.17) is 9.84 Å². The van der Waals surface area contributed by atoms with E-state index in [0.29, 0.717) is 6.42 Å². The molecule has 2 N–H and O–H groups in total. The highest BCUT2D eigenvalue weighted by molar-refractivity contribution is 7.89. The van der Waals surface area contributed by atoms with Crippen LogP contribution in [0.3, 0.4) is 0 Å². The van der Waals surface area contributed by atoms with Crippen LogP contribution in [0.25, 0.3) is 0 Å². The van der Waals surface area contributed by atoms with E-state index >= 15 is 0 Å². The highest BCUT2D eigenvalue weighted by atomic mass is 32.2. The monoisotopic (exact) mass is 287 g/mol. The molecule has 0 aromatic heterocycles. The summed E-state index contributed by atoms with van der Waals surface area (Å²) < 4.78 is 31.4. The molecule has 0 aliphatic rings. The molecule has 0 aliphatic carbocycles. The van der Waals surface area contributed by atoms with Crippen LogP contribution in [-0.2, 0) is 21.2 Å². The zero-order valence-electron chi connectivity index (χ0n) is 11.3. The van der Waals surface area contributed by atoms with Crippen molar-refractivity contribution in [1.82, 2.24) is 4.72 Å². The molecule has 0 spiro atoms. The minimum atomic E-state index is -3.48. The molecule has 1 atom stereocenters. The van der Waals surface area contributed by atoms with Gasteiger partial charge in [-0.15, -0.1) is 0 Å². The Morgan fingerprint density at radius 1 is 1.32 bits per heavy atom. The van der Waals surface area contributed by atoms with Gasteiger partial charge in [0, 0.05) is 20.3 Å². The van der Waals surface area contributed by atoms with Crippen molar-refractivity contribution in [3.05, 3.63) is 29.8 Å². The van der Waals surface area contributed by atoms with Crippen LogP contribution in [-0.4, -0.2) is 39.9 Å². The Kier molecular flexibility index (Phi) is 6.44. The summed E-state index contributed by atoms with van der Waals surface area (Å²) in [6, 6.07) is 6.69. The Morgan fingerprint density at radius 3 is 2.47 bits per heavy atom. The number of methoxy groups -OCH3 is 1. The molecule has 108 valence electrons. The predicted octanol–water partition coefficient (Wildman–Crippen LogP) is 0.925. The van der Waals surface area contributed by atoms with E-state index in [-0.39, 0.29) is 24.2 Å². The first-order chi connectivity index (χ1) is 8.99. The van der Waals surface area contributed by atoms with Crippen LogP contribution in [0.4, 0.5) is 0 Å². The minimum absolute atomic E-state index is 0.135. The lowest BCUT2D eigenvalue weighted by molar-refractivity contribution is 0.122. The van der Waals surface area contributed by atoms with Gasteiger partial charge in [0.15, 0.2) is 0 Å². The topological polar surface area (TPSA) is 75.6 Å². The zero-order chi connectivity index (χ0) is 14.3. The van der Waals surface area contributed by atoms with E-state index in [9.17, 15) is 8.42 Å². The Bertz CT molecular complexity index is 470. The molecule has 1 aromatic rings. The number of benzene rings is 1. The Labute approximate surface area is 114 Å². The van der Waals surface area contributed by atoms with Crippen molar-refractivity contribution < 1.29 is 18.3 Å². The largest absolute Gasteiger partial charge is 0.396 e. The molecule has 1 aromatic carbocycles. The number of rotatable bonds is 8. The van der Waals surface area contributed by atoms with Crippen molar-refractivity contribution >= 4 is 10.0 Å². The van der Waals surface area contributed by atoms with Gasteiger partial charge in [0.05, 0.1) is 11.0 Å². The maximum atomic E-state index is 12.0. The summed E-state index contributed by atoms with van der Waals surface area (Å²) in [5.41, 5.74) is 1.01. The van der Waals surface area contributed by atoms with Crippen molar-refractivity contribution in [3.63, 3.8) is 0 Å². The average molecular weight is 287 g/mol. The molecule has 1 rings (SSSR count). The Morgan fingerprint density at radius 2 is 1.95 bits per heavy atom. The summed E-state index contributed by atoms with van der Waals surface area (Å²) in [4.78, 5) is 0.239. The number of aliphatic hydroxyl groups is 1. The van der Waals surface area contributed by atoms with Gasteiger partial charge in [-0.25, -0.2) is 13.1 Å². The standard InChI is InChI=1S/C13H21NO4S/c1-11(18-2)10-14-19(16,17)13-7-5-12(6-8-13)4-3-9-15/h5-8,11,14-15H,3-4,9-10H2,1-2H3. The molecule has 0 aliphatic heterocycles. The van der Waals surface area contributed by atoms with Gasteiger partial charge < -0.3 is 9.84 Å². The van der Waals surface area contributed by atoms with Gasteiger partial charge in [-0.05, 0) is 37.5 Å².